The zero-order chi connectivity index (χ0) is 17.6. The van der Waals surface area contributed by atoms with Crippen LogP contribution in [0.4, 0.5) is 0 Å². The molecule has 3 aromatic rings. The van der Waals surface area contributed by atoms with E-state index in [1.54, 1.807) is 0 Å². The van der Waals surface area contributed by atoms with Crippen LogP contribution in [0.2, 0.25) is 0 Å². The number of pyridine rings is 1. The Balaban J connectivity index is 1.66. The van der Waals surface area contributed by atoms with Gasteiger partial charge in [0.15, 0.2) is 0 Å². The van der Waals surface area contributed by atoms with E-state index in [4.69, 9.17) is 0 Å². The molecule has 1 heterocycles. The second-order valence-corrected chi connectivity index (χ2v) is 7.06. The summed E-state index contributed by atoms with van der Waals surface area (Å²) in [6.07, 6.45) is 6.21. The Labute approximate surface area is 151 Å². The summed E-state index contributed by atoms with van der Waals surface area (Å²) in [4.78, 5) is 4.65. The Morgan fingerprint density at radius 1 is 0.760 bits per heavy atom. The molecule has 0 aliphatic rings. The van der Waals surface area contributed by atoms with Crippen LogP contribution in [0, 0.1) is 20.8 Å². The van der Waals surface area contributed by atoms with Crippen molar-refractivity contribution in [1.29, 1.82) is 0 Å². The molecule has 1 aromatic heterocycles. The molecule has 0 amide bonds. The largest absolute Gasteiger partial charge is 0.261 e. The first kappa shape index (κ1) is 17.4. The number of aromatic nitrogens is 1. The Hall–Kier alpha value is -2.41. The van der Waals surface area contributed by atoms with Gasteiger partial charge in [-0.1, -0.05) is 59.7 Å². The third-order valence-electron chi connectivity index (χ3n) is 4.87. The van der Waals surface area contributed by atoms with Gasteiger partial charge in [0.2, 0.25) is 0 Å². The molecule has 0 saturated heterocycles. The predicted octanol–water partition coefficient (Wildman–Crippen LogP) is 5.77. The van der Waals surface area contributed by atoms with Crippen molar-refractivity contribution in [1.82, 2.24) is 4.98 Å². The van der Waals surface area contributed by atoms with Gasteiger partial charge in [0.05, 0.1) is 0 Å². The lowest BCUT2D eigenvalue weighted by Crippen LogP contribution is -2.01. The third-order valence-corrected chi connectivity index (χ3v) is 4.87. The number of rotatable bonds is 6. The van der Waals surface area contributed by atoms with Crippen LogP contribution in [0.15, 0.2) is 60.8 Å². The molecule has 1 heteroatoms. The molecule has 0 bridgehead atoms. The zero-order valence-corrected chi connectivity index (χ0v) is 15.5. The minimum absolute atomic E-state index is 0.917. The lowest BCUT2D eigenvalue weighted by atomic mass is 9.97. The van der Waals surface area contributed by atoms with Gasteiger partial charge in [-0.05, 0) is 68.4 Å². The minimum atomic E-state index is 0.917. The van der Waals surface area contributed by atoms with Gasteiger partial charge in [0, 0.05) is 18.3 Å². The molecule has 128 valence electrons. The summed E-state index contributed by atoms with van der Waals surface area (Å²) in [5, 5.41) is 0. The van der Waals surface area contributed by atoms with E-state index in [0.717, 1.165) is 25.7 Å². The molecule has 0 unspecified atom stereocenters. The van der Waals surface area contributed by atoms with E-state index in [0.29, 0.717) is 0 Å². The van der Waals surface area contributed by atoms with Crippen LogP contribution in [0.3, 0.4) is 0 Å². The van der Waals surface area contributed by atoms with E-state index in [-0.39, 0.29) is 0 Å². The maximum absolute atomic E-state index is 4.65. The molecule has 0 aliphatic heterocycles. The molecule has 0 radical (unpaired) electrons. The standard InChI is InChI=1S/C24H27N/c1-18-10-13-21(14-11-18)17-24-22(8-5-15-25-24)6-4-7-23-16-19(2)9-12-20(23)3/h5,8-16H,4,6-7,17H2,1-3H3. The molecule has 0 N–H and O–H groups in total. The molecular formula is C24H27N. The van der Waals surface area contributed by atoms with E-state index in [2.05, 4.69) is 80.4 Å². The highest BCUT2D eigenvalue weighted by Gasteiger charge is 2.06. The van der Waals surface area contributed by atoms with Gasteiger partial charge in [-0.3, -0.25) is 4.98 Å². The summed E-state index contributed by atoms with van der Waals surface area (Å²) in [7, 11) is 0. The summed E-state index contributed by atoms with van der Waals surface area (Å²) in [6, 6.07) is 19.8. The molecule has 0 atom stereocenters. The second-order valence-electron chi connectivity index (χ2n) is 7.06. The number of hydrogen-bond donors (Lipinski definition) is 0. The normalized spacial score (nSPS) is 10.8. The molecule has 2 aromatic carbocycles. The molecule has 25 heavy (non-hydrogen) atoms. The molecule has 1 nitrogen and oxygen atoms in total. The number of nitrogens with zero attached hydrogens (tertiary/aromatic N) is 1. The summed E-state index contributed by atoms with van der Waals surface area (Å²) >= 11 is 0. The zero-order valence-electron chi connectivity index (χ0n) is 15.5. The fourth-order valence-electron chi connectivity index (χ4n) is 3.30. The quantitative estimate of drug-likeness (QED) is 0.559. The molecule has 0 aliphatic carbocycles. The van der Waals surface area contributed by atoms with Gasteiger partial charge in [0.1, 0.15) is 0 Å². The summed E-state index contributed by atoms with van der Waals surface area (Å²) in [5.74, 6) is 0. The van der Waals surface area contributed by atoms with Crippen LogP contribution >= 0.6 is 0 Å². The number of aryl methyl sites for hydroxylation is 5. The van der Waals surface area contributed by atoms with Crippen LogP contribution < -0.4 is 0 Å². The molecule has 0 saturated carbocycles. The van der Waals surface area contributed by atoms with Crippen molar-refractivity contribution in [3.63, 3.8) is 0 Å². The van der Waals surface area contributed by atoms with Crippen LogP contribution in [-0.4, -0.2) is 4.98 Å². The van der Waals surface area contributed by atoms with Crippen molar-refractivity contribution < 1.29 is 0 Å². The van der Waals surface area contributed by atoms with Crippen molar-refractivity contribution in [3.8, 4) is 0 Å². The molecule has 3 rings (SSSR count). The van der Waals surface area contributed by atoms with Gasteiger partial charge in [-0.25, -0.2) is 0 Å². The van der Waals surface area contributed by atoms with Crippen molar-refractivity contribution in [2.24, 2.45) is 0 Å². The van der Waals surface area contributed by atoms with Gasteiger partial charge >= 0.3 is 0 Å². The molecule has 0 fully saturated rings. The Morgan fingerprint density at radius 3 is 2.28 bits per heavy atom. The summed E-state index contributed by atoms with van der Waals surface area (Å²) < 4.78 is 0. The van der Waals surface area contributed by atoms with E-state index in [1.807, 2.05) is 6.20 Å². The highest BCUT2D eigenvalue weighted by Crippen LogP contribution is 2.17. The fraction of sp³-hybridized carbons (Fsp3) is 0.292. The fourth-order valence-corrected chi connectivity index (χ4v) is 3.30. The van der Waals surface area contributed by atoms with E-state index in [1.165, 1.54) is 39.1 Å². The average Bonchev–Trinajstić information content (AvgIpc) is 2.61. The first-order chi connectivity index (χ1) is 12.1. The highest BCUT2D eigenvalue weighted by molar-refractivity contribution is 5.32. The maximum Gasteiger partial charge on any atom is 0.0479 e. The summed E-state index contributed by atoms with van der Waals surface area (Å²) in [6.45, 7) is 6.51. The van der Waals surface area contributed by atoms with Crippen molar-refractivity contribution in [3.05, 3.63) is 99.9 Å². The first-order valence-electron chi connectivity index (χ1n) is 9.16. The SMILES string of the molecule is Cc1ccc(Cc2ncccc2CCCc2cc(C)ccc2C)cc1. The smallest absolute Gasteiger partial charge is 0.0479 e. The van der Waals surface area contributed by atoms with Crippen LogP contribution in [0.1, 0.15) is 45.5 Å². The minimum Gasteiger partial charge on any atom is -0.261 e. The van der Waals surface area contributed by atoms with Crippen molar-refractivity contribution in [2.45, 2.75) is 46.5 Å². The number of hydrogen-bond acceptors (Lipinski definition) is 1. The lowest BCUT2D eigenvalue weighted by molar-refractivity contribution is 0.800. The van der Waals surface area contributed by atoms with E-state index >= 15 is 0 Å². The van der Waals surface area contributed by atoms with Crippen LogP contribution in [0.25, 0.3) is 0 Å². The Morgan fingerprint density at radius 2 is 1.48 bits per heavy atom. The van der Waals surface area contributed by atoms with Gasteiger partial charge in [-0.15, -0.1) is 0 Å². The summed E-state index contributed by atoms with van der Waals surface area (Å²) in [5.41, 5.74) is 9.46. The maximum atomic E-state index is 4.65. The second kappa shape index (κ2) is 8.11. The topological polar surface area (TPSA) is 12.9 Å². The highest BCUT2D eigenvalue weighted by atomic mass is 14.7. The van der Waals surface area contributed by atoms with E-state index in [9.17, 15) is 0 Å². The van der Waals surface area contributed by atoms with Crippen LogP contribution in [-0.2, 0) is 19.3 Å². The molecule has 0 spiro atoms. The van der Waals surface area contributed by atoms with Gasteiger partial charge in [-0.2, -0.15) is 0 Å². The average molecular weight is 329 g/mol. The molecular weight excluding hydrogens is 302 g/mol. The van der Waals surface area contributed by atoms with Crippen LogP contribution in [0.5, 0.6) is 0 Å². The first-order valence-corrected chi connectivity index (χ1v) is 9.16. The van der Waals surface area contributed by atoms with E-state index < -0.39 is 0 Å². The van der Waals surface area contributed by atoms with Gasteiger partial charge < -0.3 is 0 Å². The Bertz CT molecular complexity index is 831. The van der Waals surface area contributed by atoms with Crippen molar-refractivity contribution in [2.75, 3.05) is 0 Å². The third kappa shape index (κ3) is 4.79. The Kier molecular flexibility index (Phi) is 5.65. The number of benzene rings is 2. The van der Waals surface area contributed by atoms with Crippen molar-refractivity contribution >= 4 is 0 Å². The monoisotopic (exact) mass is 329 g/mol. The predicted molar refractivity (Wildman–Crippen MR) is 106 cm³/mol. The van der Waals surface area contributed by atoms with Gasteiger partial charge in [0.25, 0.3) is 0 Å². The lowest BCUT2D eigenvalue weighted by Gasteiger charge is -2.10.